The van der Waals surface area contributed by atoms with Crippen LogP contribution < -0.4 is 0 Å². The summed E-state index contributed by atoms with van der Waals surface area (Å²) in [6, 6.07) is 0. The van der Waals surface area contributed by atoms with Crippen molar-refractivity contribution in [2.75, 3.05) is 0 Å². The van der Waals surface area contributed by atoms with Crippen LogP contribution in [0.2, 0.25) is 0 Å². The zero-order valence-electron chi connectivity index (χ0n) is 6.42. The molecule has 0 saturated heterocycles. The molecule has 0 N–H and O–H groups in total. The van der Waals surface area contributed by atoms with Crippen LogP contribution in [0.5, 0.6) is 0 Å². The van der Waals surface area contributed by atoms with Crippen molar-refractivity contribution in [2.45, 2.75) is 20.3 Å². The molecule has 0 radical (unpaired) electrons. The van der Waals surface area contributed by atoms with E-state index in [-0.39, 0.29) is 5.78 Å². The van der Waals surface area contributed by atoms with Crippen molar-refractivity contribution in [1.82, 2.24) is 0 Å². The number of hydrogen-bond acceptors (Lipinski definition) is 1. The van der Waals surface area contributed by atoms with Crippen molar-refractivity contribution in [3.05, 3.63) is 23.8 Å². The van der Waals surface area contributed by atoms with E-state index in [9.17, 15) is 4.79 Å². The second-order valence-corrected chi connectivity index (χ2v) is 2.86. The van der Waals surface area contributed by atoms with Crippen LogP contribution in [-0.2, 0) is 4.79 Å². The second kappa shape index (κ2) is 2.82. The van der Waals surface area contributed by atoms with E-state index in [0.29, 0.717) is 12.3 Å². The molecule has 1 rings (SSSR count). The number of hydrogen-bond donors (Lipinski definition) is 0. The van der Waals surface area contributed by atoms with E-state index in [1.807, 2.05) is 12.2 Å². The Morgan fingerprint density at radius 3 is 2.50 bits per heavy atom. The van der Waals surface area contributed by atoms with Gasteiger partial charge in [0.2, 0.25) is 0 Å². The number of rotatable bonds is 1. The molecule has 10 heavy (non-hydrogen) atoms. The highest BCUT2D eigenvalue weighted by molar-refractivity contribution is 5.92. The van der Waals surface area contributed by atoms with Gasteiger partial charge in [-0.2, -0.15) is 0 Å². The Bertz CT molecular complexity index is 197. The molecule has 0 aromatic carbocycles. The molecule has 0 amide bonds. The molecule has 0 atom stereocenters. The average molecular weight is 136 g/mol. The van der Waals surface area contributed by atoms with Gasteiger partial charge in [0.05, 0.1) is 0 Å². The average Bonchev–Trinajstić information content (AvgIpc) is 1.88. The van der Waals surface area contributed by atoms with E-state index in [4.69, 9.17) is 0 Å². The summed E-state index contributed by atoms with van der Waals surface area (Å²) < 4.78 is 0. The lowest BCUT2D eigenvalue weighted by Gasteiger charge is -2.08. The Morgan fingerprint density at radius 2 is 2.10 bits per heavy atom. The van der Waals surface area contributed by atoms with E-state index >= 15 is 0 Å². The highest BCUT2D eigenvalue weighted by Crippen LogP contribution is 2.15. The van der Waals surface area contributed by atoms with Gasteiger partial charge in [0.1, 0.15) is 0 Å². The first-order chi connectivity index (χ1) is 4.70. The summed E-state index contributed by atoms with van der Waals surface area (Å²) in [4.78, 5) is 10.7. The lowest BCUT2D eigenvalue weighted by molar-refractivity contribution is -0.113. The molecule has 1 aliphatic rings. The van der Waals surface area contributed by atoms with Crippen LogP contribution in [0.25, 0.3) is 0 Å². The molecular formula is C9H12O. The molecule has 0 heterocycles. The monoisotopic (exact) mass is 136 g/mol. The van der Waals surface area contributed by atoms with E-state index in [1.165, 1.54) is 5.57 Å². The van der Waals surface area contributed by atoms with E-state index in [2.05, 4.69) is 13.8 Å². The molecule has 0 saturated carbocycles. The van der Waals surface area contributed by atoms with Crippen LogP contribution in [0.4, 0.5) is 0 Å². The summed E-state index contributed by atoms with van der Waals surface area (Å²) in [5.41, 5.74) is 1.28. The van der Waals surface area contributed by atoms with Gasteiger partial charge in [-0.05, 0) is 17.6 Å². The van der Waals surface area contributed by atoms with Crippen LogP contribution in [0.3, 0.4) is 0 Å². The van der Waals surface area contributed by atoms with Gasteiger partial charge >= 0.3 is 0 Å². The Kier molecular flexibility index (Phi) is 2.05. The fourth-order valence-corrected chi connectivity index (χ4v) is 0.972. The molecule has 0 fully saturated rings. The van der Waals surface area contributed by atoms with Gasteiger partial charge in [-0.1, -0.05) is 26.0 Å². The maximum absolute atomic E-state index is 10.7. The smallest absolute Gasteiger partial charge is 0.159 e. The first kappa shape index (κ1) is 7.26. The van der Waals surface area contributed by atoms with E-state index < -0.39 is 0 Å². The predicted molar refractivity (Wildman–Crippen MR) is 41.7 cm³/mol. The standard InChI is InChI=1S/C9H12O/c1-7(2)8-3-5-9(10)6-4-8/h3-5,7H,6H2,1-2H3. The summed E-state index contributed by atoms with van der Waals surface area (Å²) in [5, 5.41) is 0. The Morgan fingerprint density at radius 1 is 1.40 bits per heavy atom. The highest BCUT2D eigenvalue weighted by atomic mass is 16.1. The van der Waals surface area contributed by atoms with Gasteiger partial charge in [-0.3, -0.25) is 4.79 Å². The quantitative estimate of drug-likeness (QED) is 0.539. The van der Waals surface area contributed by atoms with Crippen molar-refractivity contribution in [3.8, 4) is 0 Å². The largest absolute Gasteiger partial charge is 0.295 e. The molecule has 0 aromatic rings. The van der Waals surface area contributed by atoms with Gasteiger partial charge < -0.3 is 0 Å². The van der Waals surface area contributed by atoms with Crippen LogP contribution >= 0.6 is 0 Å². The molecule has 0 spiro atoms. The molecule has 0 unspecified atom stereocenters. The lowest BCUT2D eigenvalue weighted by atomic mass is 9.97. The van der Waals surface area contributed by atoms with Gasteiger partial charge in [0, 0.05) is 6.42 Å². The Hall–Kier alpha value is -0.850. The molecule has 1 aliphatic carbocycles. The van der Waals surface area contributed by atoms with Gasteiger partial charge in [0.15, 0.2) is 5.78 Å². The van der Waals surface area contributed by atoms with Crippen molar-refractivity contribution in [1.29, 1.82) is 0 Å². The third-order valence-corrected chi connectivity index (χ3v) is 1.67. The molecule has 54 valence electrons. The molecule has 1 heteroatoms. The van der Waals surface area contributed by atoms with Crippen molar-refractivity contribution in [3.63, 3.8) is 0 Å². The second-order valence-electron chi connectivity index (χ2n) is 2.86. The molecule has 0 bridgehead atoms. The fourth-order valence-electron chi connectivity index (χ4n) is 0.972. The first-order valence-corrected chi connectivity index (χ1v) is 3.61. The minimum Gasteiger partial charge on any atom is -0.295 e. The van der Waals surface area contributed by atoms with Gasteiger partial charge in [-0.25, -0.2) is 0 Å². The normalized spacial score (nSPS) is 17.9. The fraction of sp³-hybridized carbons (Fsp3) is 0.444. The van der Waals surface area contributed by atoms with Gasteiger partial charge in [0.25, 0.3) is 0 Å². The van der Waals surface area contributed by atoms with Crippen LogP contribution in [0, 0.1) is 5.92 Å². The summed E-state index contributed by atoms with van der Waals surface area (Å²) in [5.74, 6) is 0.758. The van der Waals surface area contributed by atoms with E-state index in [0.717, 1.165) is 0 Å². The minimum atomic E-state index is 0.212. The summed E-state index contributed by atoms with van der Waals surface area (Å²) >= 11 is 0. The number of allylic oxidation sites excluding steroid dienone is 4. The van der Waals surface area contributed by atoms with Crippen LogP contribution in [0.1, 0.15) is 20.3 Å². The van der Waals surface area contributed by atoms with Gasteiger partial charge in [-0.15, -0.1) is 0 Å². The lowest BCUT2D eigenvalue weighted by Crippen LogP contribution is -2.00. The van der Waals surface area contributed by atoms with Crippen molar-refractivity contribution in [2.24, 2.45) is 5.92 Å². The topological polar surface area (TPSA) is 17.1 Å². The maximum atomic E-state index is 10.7. The molecule has 0 aromatic heterocycles. The maximum Gasteiger partial charge on any atom is 0.159 e. The minimum absolute atomic E-state index is 0.212. The molecule has 0 aliphatic heterocycles. The number of carbonyl (C=O) groups excluding carboxylic acids is 1. The zero-order valence-corrected chi connectivity index (χ0v) is 6.42. The third-order valence-electron chi connectivity index (χ3n) is 1.67. The van der Waals surface area contributed by atoms with Crippen LogP contribution in [0.15, 0.2) is 23.8 Å². The van der Waals surface area contributed by atoms with E-state index in [1.54, 1.807) is 6.08 Å². The molecule has 1 nitrogen and oxygen atoms in total. The predicted octanol–water partition coefficient (Wildman–Crippen LogP) is 2.10. The van der Waals surface area contributed by atoms with Crippen molar-refractivity contribution >= 4 is 5.78 Å². The van der Waals surface area contributed by atoms with Crippen molar-refractivity contribution < 1.29 is 4.79 Å². The SMILES string of the molecule is CC(C)C1=CCC(=O)C=C1. The number of carbonyl (C=O) groups is 1. The third kappa shape index (κ3) is 1.56. The summed E-state index contributed by atoms with van der Waals surface area (Å²) in [7, 11) is 0. The first-order valence-electron chi connectivity index (χ1n) is 3.61. The summed E-state index contributed by atoms with van der Waals surface area (Å²) in [6.45, 7) is 4.26. The highest BCUT2D eigenvalue weighted by Gasteiger charge is 2.05. The Labute approximate surface area is 61.4 Å². The zero-order chi connectivity index (χ0) is 7.56. The Balaban J connectivity index is 2.67. The number of ketones is 1. The molecular weight excluding hydrogens is 124 g/mol. The summed E-state index contributed by atoms with van der Waals surface area (Å²) in [6.07, 6.45) is 6.17. The van der Waals surface area contributed by atoms with Crippen LogP contribution in [-0.4, -0.2) is 5.78 Å².